The lowest BCUT2D eigenvalue weighted by molar-refractivity contribution is -0.143. The van der Waals surface area contributed by atoms with Gasteiger partial charge in [-0.25, -0.2) is 4.79 Å². The first kappa shape index (κ1) is 19.8. The predicted molar refractivity (Wildman–Crippen MR) is 99.2 cm³/mol. The van der Waals surface area contributed by atoms with Crippen molar-refractivity contribution in [3.63, 3.8) is 0 Å². The van der Waals surface area contributed by atoms with Gasteiger partial charge in [-0.05, 0) is 38.0 Å². The van der Waals surface area contributed by atoms with E-state index in [0.29, 0.717) is 24.8 Å². The highest BCUT2D eigenvalue weighted by Gasteiger charge is 2.21. The Morgan fingerprint density at radius 2 is 2.15 bits per heavy atom. The molecule has 142 valence electrons. The molecule has 1 atom stereocenters. The van der Waals surface area contributed by atoms with Crippen molar-refractivity contribution in [3.8, 4) is 11.5 Å². The van der Waals surface area contributed by atoms with E-state index in [9.17, 15) is 9.59 Å². The lowest BCUT2D eigenvalue weighted by Gasteiger charge is -2.10. The van der Waals surface area contributed by atoms with E-state index in [1.807, 2.05) is 39.8 Å². The molecule has 2 rings (SSSR count). The Kier molecular flexibility index (Phi) is 7.06. The van der Waals surface area contributed by atoms with Gasteiger partial charge in [0, 0.05) is 30.2 Å². The van der Waals surface area contributed by atoms with Crippen LogP contribution in [0.4, 0.5) is 0 Å². The molecule has 1 aromatic carbocycles. The molecule has 1 amide bonds. The minimum Gasteiger partial charge on any atom is -0.493 e. The average Bonchev–Trinajstić information content (AvgIpc) is 2.95. The van der Waals surface area contributed by atoms with Gasteiger partial charge in [-0.2, -0.15) is 0 Å². The number of fused-ring (bicyclic) bond motifs is 1. The first-order valence-corrected chi connectivity index (χ1v) is 8.97. The third-order valence-electron chi connectivity index (χ3n) is 3.78. The van der Waals surface area contributed by atoms with Gasteiger partial charge in [-0.1, -0.05) is 13.8 Å². The van der Waals surface area contributed by atoms with Gasteiger partial charge < -0.3 is 19.5 Å². The first-order valence-electron chi connectivity index (χ1n) is 8.97. The summed E-state index contributed by atoms with van der Waals surface area (Å²) in [5, 5.41) is 2.69. The number of benzene rings is 1. The van der Waals surface area contributed by atoms with E-state index in [-0.39, 0.29) is 18.6 Å². The summed E-state index contributed by atoms with van der Waals surface area (Å²) in [5.41, 5.74) is 1.84. The number of rotatable bonds is 8. The second kappa shape index (κ2) is 9.27. The van der Waals surface area contributed by atoms with E-state index in [4.69, 9.17) is 14.2 Å². The monoisotopic (exact) mass is 361 g/mol. The summed E-state index contributed by atoms with van der Waals surface area (Å²) in [4.78, 5) is 23.4. The average molecular weight is 361 g/mol. The summed E-state index contributed by atoms with van der Waals surface area (Å²) in [5.74, 6) is 0.957. The maximum absolute atomic E-state index is 11.9. The molecular formula is C20H27NO5. The fourth-order valence-electron chi connectivity index (χ4n) is 2.58. The topological polar surface area (TPSA) is 73.9 Å². The largest absolute Gasteiger partial charge is 0.493 e. The van der Waals surface area contributed by atoms with Crippen LogP contribution in [0.2, 0.25) is 0 Å². The van der Waals surface area contributed by atoms with Crippen molar-refractivity contribution in [2.75, 3.05) is 19.8 Å². The minimum atomic E-state index is -0.582. The molecule has 0 bridgehead atoms. The molecule has 0 unspecified atom stereocenters. The summed E-state index contributed by atoms with van der Waals surface area (Å²) in [6.07, 6.45) is 3.88. The van der Waals surface area contributed by atoms with Gasteiger partial charge in [-0.3, -0.25) is 4.79 Å². The Morgan fingerprint density at radius 1 is 1.38 bits per heavy atom. The summed E-state index contributed by atoms with van der Waals surface area (Å²) in [6.45, 7) is 8.69. The zero-order valence-electron chi connectivity index (χ0n) is 15.8. The second-order valence-electron chi connectivity index (χ2n) is 6.70. The van der Waals surface area contributed by atoms with Crippen molar-refractivity contribution < 1.29 is 23.8 Å². The number of esters is 1. The van der Waals surface area contributed by atoms with Gasteiger partial charge in [-0.15, -0.1) is 0 Å². The molecule has 0 radical (unpaired) electrons. The van der Waals surface area contributed by atoms with E-state index in [1.54, 1.807) is 6.08 Å². The van der Waals surface area contributed by atoms with Crippen LogP contribution in [-0.2, 0) is 20.7 Å². The number of amides is 1. The van der Waals surface area contributed by atoms with Crippen molar-refractivity contribution in [2.45, 2.75) is 40.2 Å². The SMILES string of the molecule is CCOc1cc2c(cc1/C=C/C(=O)OCC(=O)NCC(C)C)O[C@H](C)C2. The van der Waals surface area contributed by atoms with Gasteiger partial charge in [0.05, 0.1) is 6.61 Å². The van der Waals surface area contributed by atoms with Crippen LogP contribution >= 0.6 is 0 Å². The number of nitrogens with one attached hydrogen (secondary N) is 1. The second-order valence-corrected chi connectivity index (χ2v) is 6.70. The Balaban J connectivity index is 1.97. The molecule has 0 aliphatic carbocycles. The van der Waals surface area contributed by atoms with Gasteiger partial charge in [0.2, 0.25) is 0 Å². The molecule has 1 heterocycles. The molecule has 1 N–H and O–H groups in total. The van der Waals surface area contributed by atoms with Gasteiger partial charge in [0.15, 0.2) is 6.61 Å². The zero-order valence-corrected chi connectivity index (χ0v) is 15.8. The van der Waals surface area contributed by atoms with E-state index in [0.717, 1.165) is 23.3 Å². The molecule has 6 heteroatoms. The molecule has 6 nitrogen and oxygen atoms in total. The van der Waals surface area contributed by atoms with Gasteiger partial charge in [0.25, 0.3) is 5.91 Å². The number of carbonyl (C=O) groups is 2. The van der Waals surface area contributed by atoms with E-state index < -0.39 is 5.97 Å². The normalized spacial score (nSPS) is 15.7. The van der Waals surface area contributed by atoms with E-state index in [2.05, 4.69) is 5.32 Å². The van der Waals surface area contributed by atoms with Crippen molar-refractivity contribution in [1.82, 2.24) is 5.32 Å². The quantitative estimate of drug-likeness (QED) is 0.569. The van der Waals surface area contributed by atoms with Crippen LogP contribution in [0.25, 0.3) is 6.08 Å². The van der Waals surface area contributed by atoms with Crippen molar-refractivity contribution in [3.05, 3.63) is 29.3 Å². The predicted octanol–water partition coefficient (Wildman–Crippen LogP) is 2.74. The summed E-state index contributed by atoms with van der Waals surface area (Å²) in [6, 6.07) is 3.82. The standard InChI is InChI=1S/C20H27NO5/c1-5-24-17-10-16-8-14(4)26-18(16)9-15(17)6-7-20(23)25-12-19(22)21-11-13(2)3/h6-7,9-10,13-14H,5,8,11-12H2,1-4H3,(H,21,22)/b7-6+/t14-/m1/s1. The highest BCUT2D eigenvalue weighted by molar-refractivity contribution is 5.89. The summed E-state index contributed by atoms with van der Waals surface area (Å²) < 4.78 is 16.4. The Labute approximate surface area is 154 Å². The molecule has 1 aliphatic rings. The molecule has 0 aromatic heterocycles. The van der Waals surface area contributed by atoms with Crippen LogP contribution in [0.15, 0.2) is 18.2 Å². The number of carbonyl (C=O) groups excluding carboxylic acids is 2. The van der Waals surface area contributed by atoms with E-state index >= 15 is 0 Å². The van der Waals surface area contributed by atoms with Crippen molar-refractivity contribution in [2.24, 2.45) is 5.92 Å². The molecule has 26 heavy (non-hydrogen) atoms. The first-order chi connectivity index (χ1) is 12.4. The van der Waals surface area contributed by atoms with Crippen LogP contribution in [-0.4, -0.2) is 37.7 Å². The zero-order chi connectivity index (χ0) is 19.1. The highest BCUT2D eigenvalue weighted by Crippen LogP contribution is 2.35. The Morgan fingerprint density at radius 3 is 2.85 bits per heavy atom. The lowest BCUT2D eigenvalue weighted by atomic mass is 10.1. The summed E-state index contributed by atoms with van der Waals surface area (Å²) in [7, 11) is 0. The van der Waals surface area contributed by atoms with Crippen molar-refractivity contribution in [1.29, 1.82) is 0 Å². The smallest absolute Gasteiger partial charge is 0.331 e. The number of hydrogen-bond acceptors (Lipinski definition) is 5. The maximum atomic E-state index is 11.9. The molecule has 0 saturated carbocycles. The number of hydrogen-bond donors (Lipinski definition) is 1. The lowest BCUT2D eigenvalue weighted by Crippen LogP contribution is -2.31. The van der Waals surface area contributed by atoms with Crippen molar-refractivity contribution >= 4 is 18.0 Å². The van der Waals surface area contributed by atoms with Crippen LogP contribution < -0.4 is 14.8 Å². The Hall–Kier alpha value is -2.50. The molecule has 0 spiro atoms. The Bertz CT molecular complexity index is 681. The van der Waals surface area contributed by atoms with E-state index in [1.165, 1.54) is 6.08 Å². The number of ether oxygens (including phenoxy) is 3. The van der Waals surface area contributed by atoms with Crippen LogP contribution in [0.5, 0.6) is 11.5 Å². The third kappa shape index (κ3) is 5.79. The maximum Gasteiger partial charge on any atom is 0.331 e. The van der Waals surface area contributed by atoms with Crippen LogP contribution in [0.1, 0.15) is 38.8 Å². The minimum absolute atomic E-state index is 0.132. The molecule has 1 aromatic rings. The molecular weight excluding hydrogens is 334 g/mol. The van der Waals surface area contributed by atoms with Crippen LogP contribution in [0.3, 0.4) is 0 Å². The van der Waals surface area contributed by atoms with Crippen LogP contribution in [0, 0.1) is 5.92 Å². The summed E-state index contributed by atoms with van der Waals surface area (Å²) >= 11 is 0. The van der Waals surface area contributed by atoms with Gasteiger partial charge in [0.1, 0.15) is 17.6 Å². The van der Waals surface area contributed by atoms with Gasteiger partial charge >= 0.3 is 5.97 Å². The fourth-order valence-corrected chi connectivity index (χ4v) is 2.58. The highest BCUT2D eigenvalue weighted by atomic mass is 16.5. The third-order valence-corrected chi connectivity index (χ3v) is 3.78. The fraction of sp³-hybridized carbons (Fsp3) is 0.500. The molecule has 0 saturated heterocycles. The molecule has 0 fully saturated rings. The molecule has 1 aliphatic heterocycles.